The van der Waals surface area contributed by atoms with Crippen molar-refractivity contribution in [3.05, 3.63) is 52.7 Å². The van der Waals surface area contributed by atoms with E-state index in [0.717, 1.165) is 24.5 Å². The van der Waals surface area contributed by atoms with Crippen molar-refractivity contribution in [2.45, 2.75) is 12.8 Å². The second kappa shape index (κ2) is 6.07. The van der Waals surface area contributed by atoms with Crippen LogP contribution in [0.4, 0.5) is 5.88 Å². The lowest BCUT2D eigenvalue weighted by molar-refractivity contribution is 0.548. The van der Waals surface area contributed by atoms with E-state index in [9.17, 15) is 5.26 Å². The zero-order chi connectivity index (χ0) is 14.7. The molecule has 0 amide bonds. The van der Waals surface area contributed by atoms with Crippen molar-refractivity contribution < 1.29 is 4.42 Å². The van der Waals surface area contributed by atoms with Gasteiger partial charge in [0, 0.05) is 24.2 Å². The lowest BCUT2D eigenvalue weighted by Crippen LogP contribution is -2.16. The Labute approximate surface area is 129 Å². The smallest absolute Gasteiger partial charge is 0.196 e. The Morgan fingerprint density at radius 3 is 2.52 bits per heavy atom. The lowest BCUT2D eigenvalue weighted by Gasteiger charge is -2.12. The quantitative estimate of drug-likeness (QED) is 0.778. The van der Waals surface area contributed by atoms with E-state index < -0.39 is 0 Å². The summed E-state index contributed by atoms with van der Waals surface area (Å²) in [5.41, 5.74) is 1.40. The van der Waals surface area contributed by atoms with Gasteiger partial charge < -0.3 is 9.32 Å². The summed E-state index contributed by atoms with van der Waals surface area (Å²) in [5.74, 6) is 1.58. The van der Waals surface area contributed by atoms with Crippen molar-refractivity contribution >= 4 is 29.1 Å². The number of allylic oxidation sites excluding steroid dienone is 1. The first-order valence-corrected chi connectivity index (χ1v) is 7.36. The number of halogens is 1. The summed E-state index contributed by atoms with van der Waals surface area (Å²) < 4.78 is 5.82. The zero-order valence-corrected chi connectivity index (χ0v) is 12.3. The van der Waals surface area contributed by atoms with Crippen LogP contribution >= 0.6 is 11.6 Å². The average molecular weight is 299 g/mol. The molecular formula is C17H15ClN2O. The summed E-state index contributed by atoms with van der Waals surface area (Å²) in [6, 6.07) is 13.3. The van der Waals surface area contributed by atoms with Gasteiger partial charge in [-0.2, -0.15) is 5.26 Å². The number of hydrogen-bond acceptors (Lipinski definition) is 3. The molecule has 2 heterocycles. The van der Waals surface area contributed by atoms with Gasteiger partial charge in [-0.1, -0.05) is 23.7 Å². The zero-order valence-electron chi connectivity index (χ0n) is 11.6. The first kappa shape index (κ1) is 13.8. The van der Waals surface area contributed by atoms with Gasteiger partial charge in [-0.05, 0) is 42.7 Å². The van der Waals surface area contributed by atoms with Crippen LogP contribution in [0.1, 0.15) is 24.2 Å². The summed E-state index contributed by atoms with van der Waals surface area (Å²) >= 11 is 5.87. The van der Waals surface area contributed by atoms with Crippen LogP contribution in [0.3, 0.4) is 0 Å². The molecule has 0 aliphatic carbocycles. The molecule has 2 aromatic rings. The average Bonchev–Trinajstić information content (AvgIpc) is 3.17. The molecule has 0 atom stereocenters. The van der Waals surface area contributed by atoms with Gasteiger partial charge in [-0.3, -0.25) is 0 Å². The Bertz CT molecular complexity index is 688. The van der Waals surface area contributed by atoms with Gasteiger partial charge in [0.25, 0.3) is 0 Å². The van der Waals surface area contributed by atoms with E-state index in [4.69, 9.17) is 16.0 Å². The third-order valence-electron chi connectivity index (χ3n) is 3.59. The highest BCUT2D eigenvalue weighted by Crippen LogP contribution is 2.26. The topological polar surface area (TPSA) is 40.2 Å². The van der Waals surface area contributed by atoms with Crippen LogP contribution in [0.5, 0.6) is 0 Å². The molecule has 0 saturated carbocycles. The highest BCUT2D eigenvalue weighted by atomic mass is 35.5. The molecule has 0 spiro atoms. The molecule has 0 unspecified atom stereocenters. The first-order chi connectivity index (χ1) is 10.3. The summed E-state index contributed by atoms with van der Waals surface area (Å²) in [4.78, 5) is 2.23. The van der Waals surface area contributed by atoms with E-state index >= 15 is 0 Å². The van der Waals surface area contributed by atoms with Crippen LogP contribution in [-0.2, 0) is 0 Å². The van der Waals surface area contributed by atoms with E-state index in [0.29, 0.717) is 16.4 Å². The molecule has 21 heavy (non-hydrogen) atoms. The molecule has 0 radical (unpaired) electrons. The fourth-order valence-electron chi connectivity index (χ4n) is 2.48. The van der Waals surface area contributed by atoms with Gasteiger partial charge >= 0.3 is 0 Å². The van der Waals surface area contributed by atoms with Crippen LogP contribution in [0.25, 0.3) is 11.6 Å². The largest absolute Gasteiger partial charge is 0.441 e. The maximum atomic E-state index is 9.33. The maximum absolute atomic E-state index is 9.33. The first-order valence-electron chi connectivity index (χ1n) is 6.99. The molecule has 1 aliphatic heterocycles. The third kappa shape index (κ3) is 3.12. The number of hydrogen-bond donors (Lipinski definition) is 0. The molecule has 1 saturated heterocycles. The van der Waals surface area contributed by atoms with Crippen LogP contribution < -0.4 is 4.90 Å². The van der Waals surface area contributed by atoms with Crippen LogP contribution in [0, 0.1) is 11.3 Å². The van der Waals surface area contributed by atoms with Crippen LogP contribution in [0.15, 0.2) is 40.8 Å². The lowest BCUT2D eigenvalue weighted by atomic mass is 10.1. The second-order valence-electron chi connectivity index (χ2n) is 5.05. The minimum absolute atomic E-state index is 0.564. The van der Waals surface area contributed by atoms with E-state index in [1.54, 1.807) is 18.2 Å². The summed E-state index contributed by atoms with van der Waals surface area (Å²) in [7, 11) is 0. The maximum Gasteiger partial charge on any atom is 0.196 e. The Balaban J connectivity index is 1.85. The highest BCUT2D eigenvalue weighted by Gasteiger charge is 2.15. The van der Waals surface area contributed by atoms with Crippen molar-refractivity contribution in [2.75, 3.05) is 18.0 Å². The van der Waals surface area contributed by atoms with Gasteiger partial charge in [-0.15, -0.1) is 0 Å². The standard InChI is InChI=1S/C17H15ClN2O/c18-15-5-3-13(4-6-15)14(12-19)11-16-7-8-17(21-16)20-9-1-2-10-20/h3-8,11H,1-2,9-10H2/b14-11+. The summed E-state index contributed by atoms with van der Waals surface area (Å²) in [6.07, 6.45) is 4.18. The van der Waals surface area contributed by atoms with Crippen molar-refractivity contribution in [1.82, 2.24) is 0 Å². The van der Waals surface area contributed by atoms with Crippen molar-refractivity contribution in [2.24, 2.45) is 0 Å². The van der Waals surface area contributed by atoms with E-state index in [-0.39, 0.29) is 0 Å². The highest BCUT2D eigenvalue weighted by molar-refractivity contribution is 6.30. The van der Waals surface area contributed by atoms with Crippen molar-refractivity contribution in [3.8, 4) is 6.07 Å². The Hall–Kier alpha value is -2.18. The number of benzene rings is 1. The monoisotopic (exact) mass is 298 g/mol. The minimum Gasteiger partial charge on any atom is -0.441 e. The van der Waals surface area contributed by atoms with E-state index in [1.165, 1.54) is 12.8 Å². The molecule has 0 N–H and O–H groups in total. The van der Waals surface area contributed by atoms with Gasteiger partial charge in [0.15, 0.2) is 5.88 Å². The number of rotatable bonds is 3. The van der Waals surface area contributed by atoms with E-state index in [1.807, 2.05) is 24.3 Å². The van der Waals surface area contributed by atoms with E-state index in [2.05, 4.69) is 11.0 Å². The Morgan fingerprint density at radius 1 is 1.14 bits per heavy atom. The fraction of sp³-hybridized carbons (Fsp3) is 0.235. The van der Waals surface area contributed by atoms with Crippen molar-refractivity contribution in [3.63, 3.8) is 0 Å². The number of furan rings is 1. The Kier molecular flexibility index (Phi) is 3.98. The predicted octanol–water partition coefficient (Wildman–Crippen LogP) is 4.60. The second-order valence-corrected chi connectivity index (χ2v) is 5.48. The molecule has 4 heteroatoms. The molecule has 3 rings (SSSR count). The van der Waals surface area contributed by atoms with Gasteiger partial charge in [0.05, 0.1) is 11.6 Å². The number of anilines is 1. The fourth-order valence-corrected chi connectivity index (χ4v) is 2.61. The third-order valence-corrected chi connectivity index (χ3v) is 3.84. The molecule has 1 fully saturated rings. The Morgan fingerprint density at radius 2 is 1.86 bits per heavy atom. The summed E-state index contributed by atoms with van der Waals surface area (Å²) in [6.45, 7) is 2.08. The van der Waals surface area contributed by atoms with Gasteiger partial charge in [0.2, 0.25) is 0 Å². The minimum atomic E-state index is 0.564. The predicted molar refractivity (Wildman–Crippen MR) is 85.1 cm³/mol. The molecule has 0 bridgehead atoms. The number of nitrogens with zero attached hydrogens (tertiary/aromatic N) is 2. The normalized spacial score (nSPS) is 15.2. The van der Waals surface area contributed by atoms with Gasteiger partial charge in [0.1, 0.15) is 5.76 Å². The summed E-state index contributed by atoms with van der Waals surface area (Å²) in [5, 5.41) is 9.98. The molecule has 1 aromatic heterocycles. The number of nitriles is 1. The van der Waals surface area contributed by atoms with Crippen LogP contribution in [0.2, 0.25) is 5.02 Å². The molecular weight excluding hydrogens is 284 g/mol. The molecule has 3 nitrogen and oxygen atoms in total. The SMILES string of the molecule is N#C/C(=C\c1ccc(N2CCCC2)o1)c1ccc(Cl)cc1. The van der Waals surface area contributed by atoms with Crippen LogP contribution in [-0.4, -0.2) is 13.1 Å². The van der Waals surface area contributed by atoms with Gasteiger partial charge in [-0.25, -0.2) is 0 Å². The molecule has 1 aliphatic rings. The molecule has 1 aromatic carbocycles. The van der Waals surface area contributed by atoms with Crippen molar-refractivity contribution in [1.29, 1.82) is 5.26 Å². The molecule has 106 valence electrons.